The molecule has 0 spiro atoms. The van der Waals surface area contributed by atoms with Crippen molar-refractivity contribution in [2.75, 3.05) is 30.9 Å². The van der Waals surface area contributed by atoms with Crippen LogP contribution in [0.3, 0.4) is 0 Å². The van der Waals surface area contributed by atoms with Gasteiger partial charge in [-0.15, -0.1) is 0 Å². The lowest BCUT2D eigenvalue weighted by atomic mass is 10.1. The zero-order valence-electron chi connectivity index (χ0n) is 17.7. The van der Waals surface area contributed by atoms with Crippen LogP contribution in [0.15, 0.2) is 22.7 Å². The Bertz CT molecular complexity index is 1180. The number of methoxy groups -OCH3 is 1. The molecule has 1 saturated carbocycles. The third-order valence-electron chi connectivity index (χ3n) is 5.50. The molecule has 5 N–H and O–H groups in total. The Morgan fingerprint density at radius 3 is 2.65 bits per heavy atom. The fraction of sp³-hybridized carbons (Fsp3) is 0.450. The van der Waals surface area contributed by atoms with E-state index in [-0.39, 0.29) is 35.3 Å². The number of hydrogen-bond donors (Lipinski definition) is 5. The van der Waals surface area contributed by atoms with Crippen LogP contribution in [0.4, 0.5) is 24.9 Å². The highest BCUT2D eigenvalue weighted by molar-refractivity contribution is 6.32. The van der Waals surface area contributed by atoms with Gasteiger partial charge in [-0.2, -0.15) is 18.2 Å². The molecule has 4 rings (SSSR count). The number of halogens is 4. The van der Waals surface area contributed by atoms with Crippen LogP contribution >= 0.6 is 11.6 Å². The molecule has 14 heteroatoms. The summed E-state index contributed by atoms with van der Waals surface area (Å²) in [5, 5.41) is 35.3. The van der Waals surface area contributed by atoms with Crippen LogP contribution < -0.4 is 15.4 Å². The Morgan fingerprint density at radius 1 is 1.24 bits per heavy atom. The van der Waals surface area contributed by atoms with Crippen molar-refractivity contribution in [2.45, 2.75) is 30.8 Å². The van der Waals surface area contributed by atoms with Gasteiger partial charge >= 0.3 is 6.18 Å². The smallest absolute Gasteiger partial charge is 0.405 e. The molecule has 0 bridgehead atoms. The number of aliphatic hydroxyl groups excluding tert-OH is 3. The summed E-state index contributed by atoms with van der Waals surface area (Å²) < 4.78 is 49.0. The van der Waals surface area contributed by atoms with E-state index in [1.54, 1.807) is 12.1 Å². The Labute approximate surface area is 195 Å². The van der Waals surface area contributed by atoms with Crippen molar-refractivity contribution < 1.29 is 37.6 Å². The Balaban J connectivity index is 1.75. The maximum Gasteiger partial charge on any atom is 0.405 e. The number of ether oxygens (including phenoxy) is 1. The van der Waals surface area contributed by atoms with Crippen molar-refractivity contribution in [1.29, 1.82) is 0 Å². The fourth-order valence-corrected chi connectivity index (χ4v) is 4.06. The topological polar surface area (TPSA) is 146 Å². The van der Waals surface area contributed by atoms with Gasteiger partial charge in [0.15, 0.2) is 5.58 Å². The van der Waals surface area contributed by atoms with Crippen LogP contribution in [0, 0.1) is 5.92 Å². The molecule has 1 fully saturated rings. The molecule has 3 aromatic heterocycles. The lowest BCUT2D eigenvalue weighted by molar-refractivity contribution is -0.115. The Morgan fingerprint density at radius 2 is 2.00 bits per heavy atom. The number of aromatic nitrogens is 3. The molecule has 0 aromatic carbocycles. The molecule has 0 aliphatic heterocycles. The number of anilines is 2. The van der Waals surface area contributed by atoms with Gasteiger partial charge in [-0.25, -0.2) is 9.97 Å². The summed E-state index contributed by atoms with van der Waals surface area (Å²) >= 11 is 6.35. The highest BCUT2D eigenvalue weighted by atomic mass is 35.5. The first kappa shape index (κ1) is 24.3. The standard InChI is InChI=1S/C20H21ClF3N5O5/c1-33-13-4-8-3-11(34-12(8)5-25-13)14-17(21)28-19(26-7-20(22,23)24)29-18(14)27-10-2-9(6-30)15(31)16(10)32/h3-5,9-10,15-16,30-32H,2,6-7H2,1H3,(H2,26,27,28,29)/t9-,10-,15-,16+/m1/s1. The van der Waals surface area contributed by atoms with Gasteiger partial charge < -0.3 is 35.1 Å². The molecule has 34 heavy (non-hydrogen) atoms. The lowest BCUT2D eigenvalue weighted by Gasteiger charge is -2.21. The van der Waals surface area contributed by atoms with Crippen LogP contribution in [0.5, 0.6) is 5.88 Å². The molecular weight excluding hydrogens is 483 g/mol. The van der Waals surface area contributed by atoms with Crippen LogP contribution in [0.25, 0.3) is 22.3 Å². The number of aliphatic hydroxyl groups is 3. The van der Waals surface area contributed by atoms with E-state index in [4.69, 9.17) is 20.8 Å². The molecule has 0 radical (unpaired) electrons. The minimum Gasteiger partial charge on any atom is -0.481 e. The Hall–Kier alpha value is -2.87. The van der Waals surface area contributed by atoms with E-state index in [2.05, 4.69) is 25.6 Å². The van der Waals surface area contributed by atoms with Gasteiger partial charge in [0.1, 0.15) is 29.4 Å². The van der Waals surface area contributed by atoms with Crippen molar-refractivity contribution in [2.24, 2.45) is 5.92 Å². The van der Waals surface area contributed by atoms with E-state index in [1.165, 1.54) is 13.3 Å². The second-order valence-corrected chi connectivity index (χ2v) is 8.17. The summed E-state index contributed by atoms with van der Waals surface area (Å²) in [6, 6.07) is 2.44. The number of nitrogens with one attached hydrogen (secondary N) is 2. The van der Waals surface area contributed by atoms with E-state index in [9.17, 15) is 28.5 Å². The van der Waals surface area contributed by atoms with Crippen LogP contribution in [-0.4, -0.2) is 75.0 Å². The van der Waals surface area contributed by atoms with Crippen molar-refractivity contribution in [3.8, 4) is 17.2 Å². The molecule has 4 atom stereocenters. The number of fused-ring (bicyclic) bond motifs is 1. The van der Waals surface area contributed by atoms with E-state index in [0.29, 0.717) is 16.8 Å². The monoisotopic (exact) mass is 503 g/mol. The zero-order chi connectivity index (χ0) is 24.6. The number of rotatable bonds is 7. The first-order chi connectivity index (χ1) is 16.1. The van der Waals surface area contributed by atoms with Gasteiger partial charge in [0.2, 0.25) is 11.8 Å². The third kappa shape index (κ3) is 4.97. The number of hydrogen-bond acceptors (Lipinski definition) is 10. The molecular formula is C20H21ClF3N5O5. The summed E-state index contributed by atoms with van der Waals surface area (Å²) in [7, 11) is 1.45. The van der Waals surface area contributed by atoms with E-state index < -0.39 is 42.8 Å². The average Bonchev–Trinajstić information content (AvgIpc) is 3.32. The van der Waals surface area contributed by atoms with Crippen LogP contribution in [0.2, 0.25) is 5.15 Å². The maximum atomic E-state index is 12.7. The van der Waals surface area contributed by atoms with Gasteiger partial charge in [0, 0.05) is 24.0 Å². The SMILES string of the molecule is COc1cc2cc(-c3c(Cl)nc(NCC(F)(F)F)nc3N[C@@H]3C[C@H](CO)[C@@H](O)[C@H]3O)oc2cn1. The highest BCUT2D eigenvalue weighted by Gasteiger charge is 2.41. The van der Waals surface area contributed by atoms with Gasteiger partial charge in [0.05, 0.1) is 31.0 Å². The quantitative estimate of drug-likeness (QED) is 0.305. The molecule has 3 aromatic rings. The van der Waals surface area contributed by atoms with Crippen molar-refractivity contribution >= 4 is 34.3 Å². The van der Waals surface area contributed by atoms with Crippen molar-refractivity contribution in [1.82, 2.24) is 15.0 Å². The number of alkyl halides is 3. The second kappa shape index (κ2) is 9.41. The van der Waals surface area contributed by atoms with Crippen molar-refractivity contribution in [3.05, 3.63) is 23.5 Å². The van der Waals surface area contributed by atoms with E-state index in [1.807, 2.05) is 0 Å². The fourth-order valence-electron chi connectivity index (χ4n) is 3.80. The third-order valence-corrected chi connectivity index (χ3v) is 5.78. The minimum absolute atomic E-state index is 0.0292. The highest BCUT2D eigenvalue weighted by Crippen LogP contribution is 2.39. The molecule has 0 amide bonds. The number of nitrogens with zero attached hydrogens (tertiary/aromatic N) is 3. The molecule has 10 nitrogen and oxygen atoms in total. The zero-order valence-corrected chi connectivity index (χ0v) is 18.4. The van der Waals surface area contributed by atoms with Crippen molar-refractivity contribution in [3.63, 3.8) is 0 Å². The van der Waals surface area contributed by atoms with Gasteiger partial charge in [-0.3, -0.25) is 0 Å². The predicted molar refractivity (Wildman–Crippen MR) is 116 cm³/mol. The van der Waals surface area contributed by atoms with Gasteiger partial charge in [0.25, 0.3) is 0 Å². The normalized spacial score (nSPS) is 22.8. The largest absolute Gasteiger partial charge is 0.481 e. The summed E-state index contributed by atoms with van der Waals surface area (Å²) in [6.07, 6.45) is -5.38. The van der Waals surface area contributed by atoms with E-state index >= 15 is 0 Å². The average molecular weight is 504 g/mol. The summed E-state index contributed by atoms with van der Waals surface area (Å²) in [5.41, 5.74) is 0.511. The molecule has 0 saturated heterocycles. The minimum atomic E-state index is -4.52. The number of furan rings is 1. The first-order valence-electron chi connectivity index (χ1n) is 10.1. The lowest BCUT2D eigenvalue weighted by Crippen LogP contribution is -2.35. The number of pyridine rings is 1. The molecule has 3 heterocycles. The maximum absolute atomic E-state index is 12.7. The molecule has 0 unspecified atom stereocenters. The first-order valence-corrected chi connectivity index (χ1v) is 10.5. The molecule has 1 aliphatic rings. The second-order valence-electron chi connectivity index (χ2n) is 7.82. The van der Waals surface area contributed by atoms with Gasteiger partial charge in [-0.1, -0.05) is 11.6 Å². The molecule has 1 aliphatic carbocycles. The van der Waals surface area contributed by atoms with E-state index in [0.717, 1.165) is 0 Å². The van der Waals surface area contributed by atoms with Crippen LogP contribution in [0.1, 0.15) is 6.42 Å². The Kier molecular flexibility index (Phi) is 6.71. The van der Waals surface area contributed by atoms with Gasteiger partial charge in [-0.05, 0) is 12.5 Å². The summed E-state index contributed by atoms with van der Waals surface area (Å²) in [6.45, 7) is -1.75. The molecule has 184 valence electrons. The van der Waals surface area contributed by atoms with Crippen LogP contribution in [-0.2, 0) is 0 Å². The summed E-state index contributed by atoms with van der Waals surface area (Å²) in [5.74, 6) is -0.504. The predicted octanol–water partition coefficient (Wildman–Crippen LogP) is 2.44. The summed E-state index contributed by atoms with van der Waals surface area (Å²) in [4.78, 5) is 12.1.